The van der Waals surface area contributed by atoms with E-state index in [-0.39, 0.29) is 0 Å². The highest BCUT2D eigenvalue weighted by Gasteiger charge is 2.06. The topological polar surface area (TPSA) is 75.2 Å². The number of fused-ring (bicyclic) bond motifs is 1. The van der Waals surface area contributed by atoms with Gasteiger partial charge in [0, 0.05) is 21.2 Å². The molecule has 76 valence electrons. The molecule has 0 saturated heterocycles. The zero-order valence-corrected chi connectivity index (χ0v) is 10.2. The fourth-order valence-electron chi connectivity index (χ4n) is 1.17. The minimum absolute atomic E-state index is 0.401. The van der Waals surface area contributed by atoms with E-state index >= 15 is 0 Å². The molecule has 0 saturated carbocycles. The smallest absolute Gasteiger partial charge is 0.240 e. The van der Waals surface area contributed by atoms with Gasteiger partial charge in [0.05, 0.1) is 16.7 Å². The predicted octanol–water partition coefficient (Wildman–Crippen LogP) is 1.99. The molecule has 0 aliphatic carbocycles. The first kappa shape index (κ1) is 10.5. The summed E-state index contributed by atoms with van der Waals surface area (Å²) in [6, 6.07) is 5.00. The molecule has 7 heteroatoms. The third-order valence-corrected chi connectivity index (χ3v) is 3.52. The van der Waals surface area contributed by atoms with E-state index in [0.717, 1.165) is 0 Å². The van der Waals surface area contributed by atoms with E-state index in [1.54, 1.807) is 39.4 Å². The normalized spacial score (nSPS) is 12.3. The molecule has 0 aliphatic rings. The van der Waals surface area contributed by atoms with E-state index in [4.69, 9.17) is 0 Å². The molecule has 0 amide bonds. The summed E-state index contributed by atoms with van der Waals surface area (Å²) in [5.74, 6) is 0. The number of isocyanates is 1. The molecular formula is C8H4IN3O2S. The highest BCUT2D eigenvalue weighted by molar-refractivity contribution is 14.2. The Morgan fingerprint density at radius 2 is 2.33 bits per heavy atom. The van der Waals surface area contributed by atoms with Crippen molar-refractivity contribution >= 4 is 52.0 Å². The van der Waals surface area contributed by atoms with Gasteiger partial charge in [-0.2, -0.15) is 4.99 Å². The van der Waals surface area contributed by atoms with Gasteiger partial charge in [-0.15, -0.1) is 0 Å². The molecular weight excluding hydrogens is 329 g/mol. The van der Waals surface area contributed by atoms with Crippen LogP contribution < -0.4 is 0 Å². The number of nitrogens with zero attached hydrogens (tertiary/aromatic N) is 2. The third-order valence-electron chi connectivity index (χ3n) is 1.77. The predicted molar refractivity (Wildman–Crippen MR) is 64.3 cm³/mol. The summed E-state index contributed by atoms with van der Waals surface area (Å²) in [6.45, 7) is 0. The second kappa shape index (κ2) is 4.21. The number of nitrogens with one attached hydrogen (secondary N) is 1. The number of rotatable bonds is 2. The number of hydrogen-bond donors (Lipinski definition) is 1. The van der Waals surface area contributed by atoms with Crippen molar-refractivity contribution in [2.45, 2.75) is 5.16 Å². The first-order valence-electron chi connectivity index (χ1n) is 3.86. The van der Waals surface area contributed by atoms with E-state index in [1.165, 1.54) is 6.08 Å². The van der Waals surface area contributed by atoms with Crippen molar-refractivity contribution in [3.8, 4) is 0 Å². The maximum absolute atomic E-state index is 11.1. The van der Waals surface area contributed by atoms with Crippen molar-refractivity contribution in [1.82, 2.24) is 9.97 Å². The van der Waals surface area contributed by atoms with Gasteiger partial charge < -0.3 is 4.98 Å². The van der Waals surface area contributed by atoms with Gasteiger partial charge in [0.15, 0.2) is 7.97 Å². The number of hydrogen-bond acceptors (Lipinski definition) is 4. The zero-order chi connectivity index (χ0) is 10.8. The number of aromatic nitrogens is 2. The number of carbonyl (C=O) groups excluding carboxylic acids is 1. The Morgan fingerprint density at radius 3 is 3.00 bits per heavy atom. The molecule has 2 aromatic rings. The van der Waals surface area contributed by atoms with Crippen LogP contribution >= 0.6 is 21.2 Å². The lowest BCUT2D eigenvalue weighted by Gasteiger charge is -1.88. The highest BCUT2D eigenvalue weighted by Crippen LogP contribution is 2.21. The maximum atomic E-state index is 11.1. The molecule has 1 atom stereocenters. The SMILES string of the molecule is O=C=Nc1ccc2nc(S(=O)I)[nH]c2c1. The zero-order valence-electron chi connectivity index (χ0n) is 7.23. The van der Waals surface area contributed by atoms with Gasteiger partial charge in [-0.3, -0.25) is 0 Å². The van der Waals surface area contributed by atoms with Crippen molar-refractivity contribution in [2.75, 3.05) is 0 Å². The molecule has 1 heterocycles. The molecule has 0 fully saturated rings. The molecule has 5 nitrogen and oxygen atoms in total. The monoisotopic (exact) mass is 333 g/mol. The lowest BCUT2D eigenvalue weighted by Crippen LogP contribution is -1.81. The third kappa shape index (κ3) is 2.14. The van der Waals surface area contributed by atoms with Crippen molar-refractivity contribution in [3.63, 3.8) is 0 Å². The van der Waals surface area contributed by atoms with Crippen LogP contribution in [0.15, 0.2) is 28.3 Å². The second-order valence-electron chi connectivity index (χ2n) is 2.67. The van der Waals surface area contributed by atoms with Crippen molar-refractivity contribution in [3.05, 3.63) is 18.2 Å². The van der Waals surface area contributed by atoms with Gasteiger partial charge in [-0.05, 0) is 18.2 Å². The summed E-state index contributed by atoms with van der Waals surface area (Å²) in [6.07, 6.45) is 1.46. The van der Waals surface area contributed by atoms with Crippen LogP contribution in [0.5, 0.6) is 0 Å². The number of aromatic amines is 1. The van der Waals surface area contributed by atoms with Crippen LogP contribution in [0.3, 0.4) is 0 Å². The molecule has 0 radical (unpaired) electrons. The van der Waals surface area contributed by atoms with Gasteiger partial charge in [0.1, 0.15) is 0 Å². The van der Waals surface area contributed by atoms with Crippen LogP contribution in [0.4, 0.5) is 5.69 Å². The van der Waals surface area contributed by atoms with Gasteiger partial charge in [-0.25, -0.2) is 14.0 Å². The largest absolute Gasteiger partial charge is 0.330 e. The lowest BCUT2D eigenvalue weighted by molar-refractivity contribution is 0.565. The van der Waals surface area contributed by atoms with Crippen molar-refractivity contribution < 1.29 is 9.00 Å². The second-order valence-corrected chi connectivity index (χ2v) is 5.90. The summed E-state index contributed by atoms with van der Waals surface area (Å²) in [4.78, 5) is 20.5. The fraction of sp³-hybridized carbons (Fsp3) is 0. The van der Waals surface area contributed by atoms with Crippen molar-refractivity contribution in [2.24, 2.45) is 4.99 Å². The van der Waals surface area contributed by atoms with Gasteiger partial charge in [0.2, 0.25) is 11.2 Å². The summed E-state index contributed by atoms with van der Waals surface area (Å²) in [5, 5.41) is 0.401. The number of benzene rings is 1. The Balaban J connectivity index is 2.61. The number of H-pyrrole nitrogens is 1. The first-order chi connectivity index (χ1) is 7.20. The Morgan fingerprint density at radius 1 is 1.53 bits per heavy atom. The van der Waals surface area contributed by atoms with Crippen LogP contribution in [0.2, 0.25) is 0 Å². The summed E-state index contributed by atoms with van der Waals surface area (Å²) in [5.41, 5.74) is 1.89. The number of aliphatic imine (C=N–C) groups is 1. The van der Waals surface area contributed by atoms with E-state index in [2.05, 4.69) is 15.0 Å². The lowest BCUT2D eigenvalue weighted by atomic mass is 10.3. The Kier molecular flexibility index (Phi) is 2.94. The van der Waals surface area contributed by atoms with Crippen LogP contribution in [-0.2, 0) is 12.8 Å². The van der Waals surface area contributed by atoms with E-state index < -0.39 is 7.97 Å². The van der Waals surface area contributed by atoms with Crippen LogP contribution in [0, 0.1) is 0 Å². The Hall–Kier alpha value is -1.05. The average Bonchev–Trinajstić information content (AvgIpc) is 2.61. The first-order valence-corrected chi connectivity index (χ1v) is 7.55. The minimum Gasteiger partial charge on any atom is -0.330 e. The molecule has 2 rings (SSSR count). The molecule has 1 unspecified atom stereocenters. The van der Waals surface area contributed by atoms with Gasteiger partial charge >= 0.3 is 0 Å². The number of imidazole rings is 1. The molecule has 0 aliphatic heterocycles. The van der Waals surface area contributed by atoms with E-state index in [1.807, 2.05) is 0 Å². The van der Waals surface area contributed by atoms with Crippen LogP contribution in [-0.4, -0.2) is 20.3 Å². The molecule has 1 aromatic heterocycles. The quantitative estimate of drug-likeness (QED) is 0.395. The molecule has 1 N–H and O–H groups in total. The fourth-order valence-corrected chi connectivity index (χ4v) is 2.16. The molecule has 0 spiro atoms. The Bertz CT molecular complexity index is 589. The summed E-state index contributed by atoms with van der Waals surface area (Å²) < 4.78 is 11.1. The van der Waals surface area contributed by atoms with Gasteiger partial charge in [0.25, 0.3) is 0 Å². The van der Waals surface area contributed by atoms with Crippen molar-refractivity contribution in [1.29, 1.82) is 0 Å². The Labute approximate surface area is 99.0 Å². The molecule has 1 aromatic carbocycles. The van der Waals surface area contributed by atoms with Crippen LogP contribution in [0.25, 0.3) is 11.0 Å². The van der Waals surface area contributed by atoms with Crippen LogP contribution in [0.1, 0.15) is 0 Å². The summed E-state index contributed by atoms with van der Waals surface area (Å²) in [7, 11) is -1.18. The van der Waals surface area contributed by atoms with E-state index in [0.29, 0.717) is 21.9 Å². The highest BCUT2D eigenvalue weighted by atomic mass is 127. The van der Waals surface area contributed by atoms with E-state index in [9.17, 15) is 9.00 Å². The minimum atomic E-state index is -1.18. The number of halogens is 1. The standard InChI is InChI=1S/C8H4IN3O2S/c9-15(14)8-11-6-2-1-5(10-4-13)3-7(6)12-8/h1-3H,(H,11,12). The average molecular weight is 333 g/mol. The molecule has 0 bridgehead atoms. The van der Waals surface area contributed by atoms with Gasteiger partial charge in [-0.1, -0.05) is 0 Å². The summed E-state index contributed by atoms with van der Waals surface area (Å²) >= 11 is 1.76. The molecule has 15 heavy (non-hydrogen) atoms. The maximum Gasteiger partial charge on any atom is 0.240 e.